The molecule has 0 amide bonds. The topological polar surface area (TPSA) is 215 Å². The molecule has 0 radical (unpaired) electrons. The molecule has 324 valence electrons. The minimum Gasteiger partial charge on any atom is -0.364 e. The van der Waals surface area contributed by atoms with Gasteiger partial charge < -0.3 is 31.9 Å². The van der Waals surface area contributed by atoms with Crippen LogP contribution in [0.4, 0.5) is 34.9 Å². The van der Waals surface area contributed by atoms with Crippen molar-refractivity contribution in [3.63, 3.8) is 0 Å². The van der Waals surface area contributed by atoms with Gasteiger partial charge in [-0.1, -0.05) is 36.4 Å². The summed E-state index contributed by atoms with van der Waals surface area (Å²) in [7, 11) is 4.24. The molecule has 0 unspecified atom stereocenters. The Morgan fingerprint density at radius 3 is 1.43 bits per heavy atom. The molecule has 2 aromatic carbocycles. The summed E-state index contributed by atoms with van der Waals surface area (Å²) in [6, 6.07) is 16.2. The summed E-state index contributed by atoms with van der Waals surface area (Å²) in [6.07, 6.45) is 15.7. The third-order valence-electron chi connectivity index (χ3n) is 11.2. The van der Waals surface area contributed by atoms with Crippen LogP contribution in [0.15, 0.2) is 70.7 Å². The normalized spacial score (nSPS) is 18.8. The van der Waals surface area contributed by atoms with Crippen LogP contribution in [-0.2, 0) is 13.1 Å². The zero-order chi connectivity index (χ0) is 42.9. The summed E-state index contributed by atoms with van der Waals surface area (Å²) < 4.78 is 0. The molecular weight excluding hydrogens is 801 g/mol. The maximum atomic E-state index is 11.5. The van der Waals surface area contributed by atoms with Crippen LogP contribution in [0.25, 0.3) is 0 Å². The minimum atomic E-state index is -0.444. The lowest BCUT2D eigenvalue weighted by Crippen LogP contribution is -2.28. The Morgan fingerprint density at radius 1 is 0.650 bits per heavy atom. The number of nitrogens with one attached hydrogen (secondary N) is 4. The number of rotatable bonds is 19. The van der Waals surface area contributed by atoms with E-state index in [1.807, 2.05) is 42.8 Å². The fraction of sp³-hybridized carbons (Fsp3) is 0.524. The summed E-state index contributed by atoms with van der Waals surface area (Å²) in [5.41, 5.74) is 7.84. The Labute approximate surface area is 361 Å². The van der Waals surface area contributed by atoms with Crippen LogP contribution in [0, 0.1) is 43.9 Å². The van der Waals surface area contributed by atoms with Crippen molar-refractivity contribution in [1.29, 1.82) is 0 Å². The largest absolute Gasteiger partial charge is 0.364 e. The van der Waals surface area contributed by atoms with Gasteiger partial charge in [0.15, 0.2) is 0 Å². The van der Waals surface area contributed by atoms with Gasteiger partial charge in [0.05, 0.1) is 9.85 Å². The Bertz CT molecular complexity index is 1980. The summed E-state index contributed by atoms with van der Waals surface area (Å²) in [4.78, 5) is 43.6. The quantitative estimate of drug-likeness (QED) is 0.0340. The van der Waals surface area contributed by atoms with E-state index < -0.39 is 9.85 Å². The summed E-state index contributed by atoms with van der Waals surface area (Å²) in [5.74, 6) is 3.68. The van der Waals surface area contributed by atoms with E-state index in [2.05, 4.69) is 78.4 Å². The van der Waals surface area contributed by atoms with Gasteiger partial charge in [0.25, 0.3) is 0 Å². The van der Waals surface area contributed by atoms with Crippen molar-refractivity contribution in [2.75, 3.05) is 74.1 Å². The highest BCUT2D eigenvalue weighted by atomic mass is 32.2. The van der Waals surface area contributed by atoms with Crippen molar-refractivity contribution in [2.24, 2.45) is 29.4 Å². The zero-order valence-electron chi connectivity index (χ0n) is 35.1. The van der Waals surface area contributed by atoms with Gasteiger partial charge in [0.2, 0.25) is 23.5 Å². The number of nitro groups is 2. The van der Waals surface area contributed by atoms with Gasteiger partial charge in [0, 0.05) is 42.5 Å². The summed E-state index contributed by atoms with van der Waals surface area (Å²) in [6.45, 7) is 4.35. The van der Waals surface area contributed by atoms with E-state index in [4.69, 9.17) is 5.73 Å². The highest BCUT2D eigenvalue weighted by molar-refractivity contribution is 7.98. The smallest absolute Gasteiger partial charge is 0.329 e. The molecule has 0 spiro atoms. The number of hydrogen-bond acceptors (Lipinski definition) is 16. The molecule has 4 aromatic rings. The molecule has 60 heavy (non-hydrogen) atoms. The lowest BCUT2D eigenvalue weighted by molar-refractivity contribution is -0.384. The predicted molar refractivity (Wildman–Crippen MR) is 244 cm³/mol. The third kappa shape index (κ3) is 14.2. The average molecular weight is 861 g/mol. The Kier molecular flexibility index (Phi) is 18.4. The molecule has 2 aliphatic rings. The SMILES string of the molecule is CSc1ccccc1CNc1ncc([N+](=O)[O-])c(NCC2CCC(CN(C)C)CC2)n1.CSc1ccccc1CNc1ncc([N+](=O)[O-])c(NCC2CCC(CN)CC2)n1. The van der Waals surface area contributed by atoms with Crippen LogP contribution in [-0.4, -0.2) is 87.5 Å². The molecule has 18 heteroatoms. The van der Waals surface area contributed by atoms with Crippen molar-refractivity contribution in [3.05, 3.63) is 92.3 Å². The highest BCUT2D eigenvalue weighted by Crippen LogP contribution is 2.32. The molecule has 6 N–H and O–H groups in total. The van der Waals surface area contributed by atoms with E-state index in [0.29, 0.717) is 55.8 Å². The van der Waals surface area contributed by atoms with E-state index in [-0.39, 0.29) is 23.0 Å². The predicted octanol–water partition coefficient (Wildman–Crippen LogP) is 8.39. The number of aromatic nitrogens is 4. The van der Waals surface area contributed by atoms with Crippen LogP contribution in [0.2, 0.25) is 0 Å². The second-order valence-electron chi connectivity index (χ2n) is 15.7. The van der Waals surface area contributed by atoms with Gasteiger partial charge in [-0.2, -0.15) is 9.97 Å². The van der Waals surface area contributed by atoms with Crippen molar-refractivity contribution in [3.8, 4) is 0 Å². The number of hydrogen-bond donors (Lipinski definition) is 5. The molecule has 0 bridgehead atoms. The van der Waals surface area contributed by atoms with Crippen molar-refractivity contribution < 1.29 is 9.85 Å². The molecule has 6 rings (SSSR count). The first-order valence-electron chi connectivity index (χ1n) is 20.6. The fourth-order valence-corrected chi connectivity index (χ4v) is 9.02. The maximum Gasteiger partial charge on any atom is 0.329 e. The van der Waals surface area contributed by atoms with Crippen LogP contribution in [0.5, 0.6) is 0 Å². The number of benzene rings is 2. The number of nitrogens with two attached hydrogens (primary N) is 1. The molecule has 16 nitrogen and oxygen atoms in total. The molecule has 2 saturated carbocycles. The van der Waals surface area contributed by atoms with Gasteiger partial charge >= 0.3 is 11.4 Å². The number of anilines is 4. The number of nitrogens with zero attached hydrogens (tertiary/aromatic N) is 7. The molecule has 2 heterocycles. The van der Waals surface area contributed by atoms with Gasteiger partial charge in [-0.3, -0.25) is 20.2 Å². The van der Waals surface area contributed by atoms with Gasteiger partial charge in [-0.25, -0.2) is 9.97 Å². The van der Waals surface area contributed by atoms with Crippen LogP contribution >= 0.6 is 23.5 Å². The van der Waals surface area contributed by atoms with Crippen molar-refractivity contribution in [1.82, 2.24) is 24.8 Å². The Morgan fingerprint density at radius 2 is 1.05 bits per heavy atom. The Hall–Kier alpha value is -4.78. The third-order valence-corrected chi connectivity index (χ3v) is 12.9. The zero-order valence-corrected chi connectivity index (χ0v) is 36.8. The molecule has 2 aromatic heterocycles. The highest BCUT2D eigenvalue weighted by Gasteiger charge is 2.25. The molecule has 0 aliphatic heterocycles. The van der Waals surface area contributed by atoms with E-state index in [9.17, 15) is 20.2 Å². The van der Waals surface area contributed by atoms with Crippen LogP contribution < -0.4 is 27.0 Å². The van der Waals surface area contributed by atoms with E-state index in [1.165, 1.54) is 35.0 Å². The van der Waals surface area contributed by atoms with Gasteiger partial charge in [0.1, 0.15) is 12.4 Å². The first kappa shape index (κ1) is 46.3. The fourth-order valence-electron chi connectivity index (χ4n) is 7.78. The second kappa shape index (κ2) is 23.9. The minimum absolute atomic E-state index is 0.0867. The molecule has 0 atom stereocenters. The average Bonchev–Trinajstić information content (AvgIpc) is 3.26. The summed E-state index contributed by atoms with van der Waals surface area (Å²) >= 11 is 3.36. The molecule has 2 aliphatic carbocycles. The number of thioether (sulfide) groups is 2. The van der Waals surface area contributed by atoms with E-state index in [0.717, 1.165) is 68.7 Å². The summed E-state index contributed by atoms with van der Waals surface area (Å²) in [5, 5.41) is 35.6. The van der Waals surface area contributed by atoms with E-state index in [1.54, 1.807) is 23.5 Å². The van der Waals surface area contributed by atoms with Gasteiger partial charge in [-0.15, -0.1) is 23.5 Å². The van der Waals surface area contributed by atoms with E-state index >= 15 is 0 Å². The van der Waals surface area contributed by atoms with Crippen molar-refractivity contribution >= 4 is 58.4 Å². The van der Waals surface area contributed by atoms with Crippen LogP contribution in [0.3, 0.4) is 0 Å². The lowest BCUT2D eigenvalue weighted by Gasteiger charge is -2.30. The molecular formula is C42H60N12O4S2. The Balaban J connectivity index is 0.000000228. The monoisotopic (exact) mass is 860 g/mol. The van der Waals surface area contributed by atoms with Gasteiger partial charge in [-0.05, 0) is 131 Å². The molecule has 2 fully saturated rings. The van der Waals surface area contributed by atoms with Crippen LogP contribution in [0.1, 0.15) is 62.5 Å². The van der Waals surface area contributed by atoms with Crippen molar-refractivity contribution in [2.45, 2.75) is 74.2 Å². The first-order chi connectivity index (χ1) is 29.1. The second-order valence-corrected chi connectivity index (χ2v) is 17.4. The standard InChI is InChI=1S/C22H32N6O2S.C20H28N6O2S/c1-27(2)15-17-10-8-16(9-11-17)12-23-21-19(28(29)30)14-25-22(26-21)24-13-18-6-4-5-7-20(18)31-3;1-29-18-5-3-2-4-16(18)12-23-20-24-13-17(26(27)28)19(25-20)22-11-15-8-6-14(10-21)7-9-15/h4-7,14,16-17H,8-13,15H2,1-3H3,(H2,23,24,25,26);2-5,13-15H,6-12,21H2,1H3,(H2,22,23,24,25). The lowest BCUT2D eigenvalue weighted by atomic mass is 9.82. The maximum absolute atomic E-state index is 11.5. The first-order valence-corrected chi connectivity index (χ1v) is 23.1. The molecule has 0 saturated heterocycles.